The fraction of sp³-hybridized carbons (Fsp3) is 0.400. The summed E-state index contributed by atoms with van der Waals surface area (Å²) in [6, 6.07) is 18.6. The van der Waals surface area contributed by atoms with Crippen LogP contribution in [0.5, 0.6) is 0 Å². The number of amides is 1. The Morgan fingerprint density at radius 1 is 1.00 bits per heavy atom. The summed E-state index contributed by atoms with van der Waals surface area (Å²) in [7, 11) is 0. The normalized spacial score (nSPS) is 18.8. The fourth-order valence-electron chi connectivity index (χ4n) is 4.73. The molecule has 5 heteroatoms. The molecule has 2 aromatic carbocycles. The zero-order chi connectivity index (χ0) is 20.4. The molecule has 0 radical (unpaired) electrons. The van der Waals surface area contributed by atoms with Crippen molar-refractivity contribution >= 4 is 22.5 Å². The number of hydrogen-bond donors (Lipinski definition) is 1. The van der Waals surface area contributed by atoms with Crippen LogP contribution in [0.15, 0.2) is 60.8 Å². The third kappa shape index (κ3) is 3.64. The highest BCUT2D eigenvalue weighted by Gasteiger charge is 2.45. The van der Waals surface area contributed by atoms with E-state index < -0.39 is 0 Å². The monoisotopic (exact) mass is 403 g/mol. The average Bonchev–Trinajstić information content (AvgIpc) is 3.15. The first-order valence-electron chi connectivity index (χ1n) is 11.0. The molecule has 0 bridgehead atoms. The Hall–Kier alpha value is -2.63. The van der Waals surface area contributed by atoms with E-state index in [1.807, 2.05) is 24.3 Å². The van der Waals surface area contributed by atoms with Gasteiger partial charge in [0.1, 0.15) is 0 Å². The molecule has 0 spiro atoms. The lowest BCUT2D eigenvalue weighted by atomic mass is 9.64. The van der Waals surface area contributed by atoms with Gasteiger partial charge in [-0.3, -0.25) is 9.69 Å². The minimum atomic E-state index is -0.375. The summed E-state index contributed by atoms with van der Waals surface area (Å²) in [5.41, 5.74) is 2.84. The van der Waals surface area contributed by atoms with Crippen LogP contribution in [-0.4, -0.2) is 48.2 Å². The molecular weight excluding hydrogens is 374 g/mol. The van der Waals surface area contributed by atoms with Crippen molar-refractivity contribution in [2.45, 2.75) is 31.2 Å². The van der Waals surface area contributed by atoms with E-state index >= 15 is 0 Å². The number of morpholine rings is 1. The maximum atomic E-state index is 13.2. The summed E-state index contributed by atoms with van der Waals surface area (Å²) in [5.74, 6) is 0.117. The number of anilines is 1. The molecule has 0 unspecified atom stereocenters. The van der Waals surface area contributed by atoms with Gasteiger partial charge in [0.25, 0.3) is 0 Å². The molecule has 1 amide bonds. The van der Waals surface area contributed by atoms with Gasteiger partial charge in [-0.1, -0.05) is 36.8 Å². The van der Waals surface area contributed by atoms with Gasteiger partial charge in [0.15, 0.2) is 0 Å². The number of hydrogen-bond acceptors (Lipinski definition) is 3. The molecule has 30 heavy (non-hydrogen) atoms. The van der Waals surface area contributed by atoms with Crippen LogP contribution in [0.4, 0.5) is 5.69 Å². The van der Waals surface area contributed by atoms with Crippen LogP contribution < -0.4 is 5.32 Å². The third-order valence-electron chi connectivity index (χ3n) is 6.76. The fourth-order valence-corrected chi connectivity index (χ4v) is 4.73. The van der Waals surface area contributed by atoms with Crippen molar-refractivity contribution in [3.63, 3.8) is 0 Å². The van der Waals surface area contributed by atoms with Crippen LogP contribution in [0.3, 0.4) is 0 Å². The Morgan fingerprint density at radius 3 is 2.53 bits per heavy atom. The lowest BCUT2D eigenvalue weighted by Gasteiger charge is -2.40. The quantitative estimate of drug-likeness (QED) is 0.676. The van der Waals surface area contributed by atoms with Crippen molar-refractivity contribution in [3.05, 3.63) is 66.4 Å². The van der Waals surface area contributed by atoms with E-state index in [1.54, 1.807) is 0 Å². The second-order valence-corrected chi connectivity index (χ2v) is 8.49. The smallest absolute Gasteiger partial charge is 0.235 e. The number of ether oxygens (including phenoxy) is 1. The molecular formula is C25H29N3O2. The van der Waals surface area contributed by atoms with E-state index in [4.69, 9.17) is 4.74 Å². The van der Waals surface area contributed by atoms with Crippen molar-refractivity contribution < 1.29 is 9.53 Å². The number of carbonyl (C=O) groups excluding carboxylic acids is 1. The molecule has 3 aromatic rings. The Morgan fingerprint density at radius 2 is 1.80 bits per heavy atom. The van der Waals surface area contributed by atoms with Crippen molar-refractivity contribution in [3.8, 4) is 0 Å². The van der Waals surface area contributed by atoms with Crippen LogP contribution >= 0.6 is 0 Å². The number of nitrogens with one attached hydrogen (secondary N) is 1. The van der Waals surface area contributed by atoms with E-state index in [-0.39, 0.29) is 11.3 Å². The Labute approximate surface area is 177 Å². The average molecular weight is 404 g/mol. The molecule has 1 saturated carbocycles. The number of rotatable bonds is 6. The molecule has 5 rings (SSSR count). The summed E-state index contributed by atoms with van der Waals surface area (Å²) >= 11 is 0. The summed E-state index contributed by atoms with van der Waals surface area (Å²) in [5, 5.41) is 4.36. The summed E-state index contributed by atoms with van der Waals surface area (Å²) in [6.07, 6.45) is 5.09. The molecule has 1 aromatic heterocycles. The van der Waals surface area contributed by atoms with E-state index in [0.29, 0.717) is 0 Å². The van der Waals surface area contributed by atoms with E-state index in [1.165, 1.54) is 5.52 Å². The van der Waals surface area contributed by atoms with Crippen molar-refractivity contribution in [2.75, 3.05) is 38.2 Å². The number of nitrogens with zero attached hydrogens (tertiary/aromatic N) is 2. The van der Waals surface area contributed by atoms with Crippen molar-refractivity contribution in [2.24, 2.45) is 0 Å². The molecule has 1 saturated heterocycles. The number of carbonyl (C=O) groups is 1. The highest BCUT2D eigenvalue weighted by Crippen LogP contribution is 2.44. The number of aromatic nitrogens is 1. The van der Waals surface area contributed by atoms with Gasteiger partial charge in [-0.2, -0.15) is 0 Å². The van der Waals surface area contributed by atoms with Crippen LogP contribution in [0.1, 0.15) is 24.8 Å². The van der Waals surface area contributed by atoms with Crippen LogP contribution in [0, 0.1) is 0 Å². The first-order valence-corrected chi connectivity index (χ1v) is 11.0. The SMILES string of the molecule is O=C(Nc1ccc2c(ccn2CCN2CCOCC2)c1)C1(c2ccccc2)CCC1. The zero-order valence-electron chi connectivity index (χ0n) is 17.3. The lowest BCUT2D eigenvalue weighted by molar-refractivity contribution is -0.124. The predicted octanol–water partition coefficient (Wildman–Crippen LogP) is 4.03. The molecule has 156 valence electrons. The first kappa shape index (κ1) is 19.3. The second-order valence-electron chi connectivity index (χ2n) is 8.49. The molecule has 5 nitrogen and oxygen atoms in total. The van der Waals surface area contributed by atoms with Gasteiger partial charge >= 0.3 is 0 Å². The van der Waals surface area contributed by atoms with Gasteiger partial charge in [-0.25, -0.2) is 0 Å². The summed E-state index contributed by atoms with van der Waals surface area (Å²) in [6.45, 7) is 5.69. The molecule has 2 heterocycles. The van der Waals surface area contributed by atoms with Gasteiger partial charge in [-0.05, 0) is 42.7 Å². The van der Waals surface area contributed by atoms with Gasteiger partial charge in [0, 0.05) is 49.0 Å². The van der Waals surface area contributed by atoms with Crippen LogP contribution in [0.25, 0.3) is 10.9 Å². The largest absolute Gasteiger partial charge is 0.379 e. The third-order valence-corrected chi connectivity index (χ3v) is 6.76. The maximum Gasteiger partial charge on any atom is 0.235 e. The van der Waals surface area contributed by atoms with E-state index in [2.05, 4.69) is 51.3 Å². The first-order chi connectivity index (χ1) is 14.7. The van der Waals surface area contributed by atoms with Crippen LogP contribution in [0.2, 0.25) is 0 Å². The van der Waals surface area contributed by atoms with E-state index in [9.17, 15) is 4.79 Å². The molecule has 0 atom stereocenters. The molecule has 1 N–H and O–H groups in total. The van der Waals surface area contributed by atoms with Crippen molar-refractivity contribution in [1.82, 2.24) is 9.47 Å². The summed E-state index contributed by atoms with van der Waals surface area (Å²) in [4.78, 5) is 15.7. The summed E-state index contributed by atoms with van der Waals surface area (Å²) < 4.78 is 7.73. The molecule has 2 aliphatic rings. The van der Waals surface area contributed by atoms with Gasteiger partial charge in [0.05, 0.1) is 18.6 Å². The Balaban J connectivity index is 1.29. The highest BCUT2D eigenvalue weighted by atomic mass is 16.5. The van der Waals surface area contributed by atoms with Gasteiger partial charge < -0.3 is 14.6 Å². The maximum absolute atomic E-state index is 13.2. The topological polar surface area (TPSA) is 46.5 Å². The minimum absolute atomic E-state index is 0.117. The number of fused-ring (bicyclic) bond motifs is 1. The van der Waals surface area contributed by atoms with Gasteiger partial charge in [0.2, 0.25) is 5.91 Å². The Bertz CT molecular complexity index is 1020. The molecule has 1 aliphatic heterocycles. The Kier molecular flexibility index (Phi) is 5.32. The highest BCUT2D eigenvalue weighted by molar-refractivity contribution is 6.01. The second kappa shape index (κ2) is 8.25. The number of benzene rings is 2. The minimum Gasteiger partial charge on any atom is -0.379 e. The van der Waals surface area contributed by atoms with Crippen molar-refractivity contribution in [1.29, 1.82) is 0 Å². The zero-order valence-corrected chi connectivity index (χ0v) is 17.3. The van der Waals surface area contributed by atoms with Crippen LogP contribution in [-0.2, 0) is 21.5 Å². The lowest BCUT2D eigenvalue weighted by Crippen LogP contribution is -2.45. The standard InChI is InChI=1S/C25H29N3O2/c29-24(25(10-4-11-25)21-5-2-1-3-6-21)26-22-7-8-23-20(19-22)9-12-28(23)14-13-27-15-17-30-18-16-27/h1-3,5-9,12,19H,4,10-11,13-18H2,(H,26,29). The molecule has 1 aliphatic carbocycles. The van der Waals surface area contributed by atoms with E-state index in [0.717, 1.165) is 75.3 Å². The molecule has 2 fully saturated rings. The predicted molar refractivity (Wildman–Crippen MR) is 120 cm³/mol. The van der Waals surface area contributed by atoms with Gasteiger partial charge in [-0.15, -0.1) is 0 Å².